The summed E-state index contributed by atoms with van der Waals surface area (Å²) in [5.74, 6) is 0.639. The maximum atomic E-state index is 13.7. The molecule has 46 heavy (non-hydrogen) atoms. The summed E-state index contributed by atoms with van der Waals surface area (Å²) in [6, 6.07) is 38.6. The molecule has 0 aliphatic heterocycles. The normalized spacial score (nSPS) is 11.7. The fraction of sp³-hybridized carbons (Fsp3) is 0.162. The molecule has 0 fully saturated rings. The lowest BCUT2D eigenvalue weighted by atomic mass is 10.1. The van der Waals surface area contributed by atoms with Crippen LogP contribution in [0.3, 0.4) is 0 Å². The van der Waals surface area contributed by atoms with Gasteiger partial charge < -0.3 is 4.74 Å². The molecule has 6 nitrogen and oxygen atoms in total. The van der Waals surface area contributed by atoms with E-state index in [4.69, 9.17) is 16.3 Å². The third-order valence-electron chi connectivity index (χ3n) is 7.75. The Labute approximate surface area is 278 Å². The Morgan fingerprint density at radius 3 is 2.13 bits per heavy atom. The number of carbonyl (C=O) groups excluding carboxylic acids is 1. The molecule has 0 unspecified atom stereocenters. The van der Waals surface area contributed by atoms with Crippen molar-refractivity contribution in [2.45, 2.75) is 13.1 Å². The van der Waals surface area contributed by atoms with Crippen LogP contribution >= 0.6 is 22.9 Å². The first kappa shape index (κ1) is 31.8. The maximum Gasteiger partial charge on any atom is 0.232 e. The van der Waals surface area contributed by atoms with Gasteiger partial charge in [0.05, 0.1) is 30.1 Å². The van der Waals surface area contributed by atoms with Gasteiger partial charge in [-0.25, -0.2) is 8.42 Å². The predicted octanol–water partition coefficient (Wildman–Crippen LogP) is 8.44. The van der Waals surface area contributed by atoms with Crippen LogP contribution in [-0.4, -0.2) is 45.1 Å². The fourth-order valence-corrected chi connectivity index (χ4v) is 7.74. The first-order valence-corrected chi connectivity index (χ1v) is 17.9. The van der Waals surface area contributed by atoms with Gasteiger partial charge in [0.1, 0.15) is 12.4 Å². The van der Waals surface area contributed by atoms with E-state index in [1.165, 1.54) is 24.5 Å². The number of nitrogens with zero attached hydrogens (tertiary/aromatic N) is 2. The van der Waals surface area contributed by atoms with Crippen molar-refractivity contribution in [2.75, 3.05) is 30.3 Å². The number of ether oxygens (including phenoxy) is 1. The summed E-state index contributed by atoms with van der Waals surface area (Å²) in [4.78, 5) is 15.8. The molecule has 9 heteroatoms. The number of fused-ring (bicyclic) bond motifs is 3. The SMILES string of the molecule is CS(=O)(=O)N(Cc1ccccc1)c1cc(C(=O)CN(CCOc2ccc3c(c2)sc2ccccc23)Cc2ccccc2)ccc1Cl. The number of ketones is 1. The Balaban J connectivity index is 1.19. The molecule has 0 saturated heterocycles. The summed E-state index contributed by atoms with van der Waals surface area (Å²) >= 11 is 8.27. The third-order valence-corrected chi connectivity index (χ3v) is 10.3. The summed E-state index contributed by atoms with van der Waals surface area (Å²) in [5, 5.41) is 2.71. The zero-order chi connectivity index (χ0) is 32.1. The van der Waals surface area contributed by atoms with Gasteiger partial charge in [-0.15, -0.1) is 11.3 Å². The van der Waals surface area contributed by atoms with Crippen molar-refractivity contribution >= 4 is 64.6 Å². The molecule has 0 bridgehead atoms. The van der Waals surface area contributed by atoms with Crippen LogP contribution < -0.4 is 9.04 Å². The van der Waals surface area contributed by atoms with Gasteiger partial charge in [-0.1, -0.05) is 90.5 Å². The molecule has 0 radical (unpaired) electrons. The highest BCUT2D eigenvalue weighted by atomic mass is 35.5. The van der Waals surface area contributed by atoms with E-state index in [2.05, 4.69) is 36.4 Å². The lowest BCUT2D eigenvalue weighted by Gasteiger charge is -2.25. The van der Waals surface area contributed by atoms with Crippen molar-refractivity contribution in [1.29, 1.82) is 0 Å². The number of carbonyl (C=O) groups is 1. The van der Waals surface area contributed by atoms with Crippen LogP contribution in [0.4, 0.5) is 5.69 Å². The topological polar surface area (TPSA) is 66.9 Å². The standard InChI is InChI=1S/C37H33ClN2O4S2/c1-46(42,43)40(25-28-12-6-3-7-13-28)34-22-29(16-19-33(34)38)35(41)26-39(24-27-10-4-2-5-11-27)20-21-44-30-17-18-32-31-14-8-9-15-36(31)45-37(32)23-30/h2-19,22-23H,20-21,24-26H2,1H3. The Morgan fingerprint density at radius 1 is 0.761 bits per heavy atom. The molecule has 0 saturated carbocycles. The van der Waals surface area contributed by atoms with E-state index in [0.29, 0.717) is 25.3 Å². The minimum absolute atomic E-state index is 0.0990. The van der Waals surface area contributed by atoms with Gasteiger partial charge in [0.25, 0.3) is 0 Å². The number of hydrogen-bond donors (Lipinski definition) is 0. The molecule has 0 atom stereocenters. The highest BCUT2D eigenvalue weighted by molar-refractivity contribution is 7.92. The van der Waals surface area contributed by atoms with Crippen molar-refractivity contribution < 1.29 is 17.9 Å². The van der Waals surface area contributed by atoms with Crippen LogP contribution in [0.5, 0.6) is 5.75 Å². The summed E-state index contributed by atoms with van der Waals surface area (Å²) in [5.41, 5.74) is 2.54. The Hall–Kier alpha value is -4.21. The minimum Gasteiger partial charge on any atom is -0.492 e. The van der Waals surface area contributed by atoms with Gasteiger partial charge in [-0.05, 0) is 53.6 Å². The second-order valence-corrected chi connectivity index (χ2v) is 14.5. The van der Waals surface area contributed by atoms with Crippen LogP contribution in [-0.2, 0) is 23.1 Å². The molecule has 6 rings (SSSR count). The fourth-order valence-electron chi connectivity index (χ4n) is 5.45. The van der Waals surface area contributed by atoms with Gasteiger partial charge in [-0.2, -0.15) is 0 Å². The molecule has 0 amide bonds. The molecule has 5 aromatic carbocycles. The summed E-state index contributed by atoms with van der Waals surface area (Å²) < 4.78 is 35.6. The van der Waals surface area contributed by atoms with E-state index in [1.54, 1.807) is 29.5 Å². The molecule has 234 valence electrons. The van der Waals surface area contributed by atoms with Crippen molar-refractivity contribution in [3.8, 4) is 5.75 Å². The summed E-state index contributed by atoms with van der Waals surface area (Å²) in [6.07, 6.45) is 1.14. The first-order chi connectivity index (χ1) is 22.2. The van der Waals surface area contributed by atoms with Crippen LogP contribution in [0.15, 0.2) is 121 Å². The highest BCUT2D eigenvalue weighted by Gasteiger charge is 2.23. The van der Waals surface area contributed by atoms with Gasteiger partial charge in [0.2, 0.25) is 10.0 Å². The zero-order valence-electron chi connectivity index (χ0n) is 25.3. The van der Waals surface area contributed by atoms with Crippen LogP contribution in [0.2, 0.25) is 5.02 Å². The average Bonchev–Trinajstić information content (AvgIpc) is 3.42. The summed E-state index contributed by atoms with van der Waals surface area (Å²) in [7, 11) is -3.69. The lowest BCUT2D eigenvalue weighted by molar-refractivity contribution is 0.0912. The Kier molecular flexibility index (Phi) is 9.70. The van der Waals surface area contributed by atoms with Gasteiger partial charge in [0.15, 0.2) is 5.78 Å². The first-order valence-electron chi connectivity index (χ1n) is 14.9. The summed E-state index contributed by atoms with van der Waals surface area (Å²) in [6.45, 7) is 1.67. The van der Waals surface area contributed by atoms with Crippen molar-refractivity contribution in [2.24, 2.45) is 0 Å². The minimum atomic E-state index is -3.69. The molecule has 0 aliphatic rings. The zero-order valence-corrected chi connectivity index (χ0v) is 27.7. The number of benzene rings is 5. The van der Waals surface area contributed by atoms with Crippen molar-refractivity contribution in [3.05, 3.63) is 143 Å². The molecule has 0 spiro atoms. The number of thiophene rings is 1. The smallest absolute Gasteiger partial charge is 0.232 e. The van der Waals surface area contributed by atoms with E-state index >= 15 is 0 Å². The van der Waals surface area contributed by atoms with Crippen molar-refractivity contribution in [1.82, 2.24) is 4.90 Å². The Bertz CT molecular complexity index is 2080. The van der Waals surface area contributed by atoms with Gasteiger partial charge in [0, 0.05) is 38.8 Å². The van der Waals surface area contributed by atoms with E-state index in [-0.39, 0.29) is 29.6 Å². The number of rotatable bonds is 13. The van der Waals surface area contributed by atoms with E-state index in [0.717, 1.165) is 23.1 Å². The molecule has 6 aromatic rings. The van der Waals surface area contributed by atoms with E-state index in [9.17, 15) is 13.2 Å². The van der Waals surface area contributed by atoms with Crippen LogP contribution in [0, 0.1) is 0 Å². The monoisotopic (exact) mass is 668 g/mol. The number of anilines is 1. The number of halogens is 1. The molecule has 0 aliphatic carbocycles. The molecule has 1 heterocycles. The lowest BCUT2D eigenvalue weighted by Crippen LogP contribution is -2.33. The van der Waals surface area contributed by atoms with Crippen LogP contribution in [0.1, 0.15) is 21.5 Å². The number of sulfonamides is 1. The second-order valence-electron chi connectivity index (χ2n) is 11.1. The van der Waals surface area contributed by atoms with E-state index < -0.39 is 10.0 Å². The molecule has 1 aromatic heterocycles. The van der Waals surface area contributed by atoms with Crippen molar-refractivity contribution in [3.63, 3.8) is 0 Å². The predicted molar refractivity (Wildman–Crippen MR) is 190 cm³/mol. The maximum absolute atomic E-state index is 13.7. The average molecular weight is 669 g/mol. The molecular formula is C37H33ClN2O4S2. The second kappa shape index (κ2) is 14.1. The van der Waals surface area contributed by atoms with Crippen LogP contribution in [0.25, 0.3) is 20.2 Å². The Morgan fingerprint density at radius 2 is 1.41 bits per heavy atom. The number of Topliss-reactive ketones (excluding diaryl/α,β-unsaturated/α-hetero) is 1. The highest BCUT2D eigenvalue weighted by Crippen LogP contribution is 2.36. The third kappa shape index (κ3) is 7.59. The van der Waals surface area contributed by atoms with Gasteiger partial charge >= 0.3 is 0 Å². The largest absolute Gasteiger partial charge is 0.492 e. The molecular weight excluding hydrogens is 636 g/mol. The van der Waals surface area contributed by atoms with E-state index in [1.807, 2.05) is 71.6 Å². The number of hydrogen-bond acceptors (Lipinski definition) is 6. The quantitative estimate of drug-likeness (QED) is 0.116. The molecule has 0 N–H and O–H groups in total. The van der Waals surface area contributed by atoms with Gasteiger partial charge in [-0.3, -0.25) is 14.0 Å².